The summed E-state index contributed by atoms with van der Waals surface area (Å²) < 4.78 is 11.2. The summed E-state index contributed by atoms with van der Waals surface area (Å²) >= 11 is 6.35. The monoisotopic (exact) mass is 416 g/mol. The molecule has 2 bridgehead atoms. The van der Waals surface area contributed by atoms with Gasteiger partial charge in [-0.25, -0.2) is 0 Å². The number of benzene rings is 1. The van der Waals surface area contributed by atoms with Crippen molar-refractivity contribution in [2.75, 3.05) is 13.7 Å². The Morgan fingerprint density at radius 3 is 2.45 bits per heavy atom. The SMILES string of the molecule is COc1ccc(C2=NN=C(C34CCC(CCCC(C)=O)(CC3)CC4)CO2)c(Cl)c1. The molecule has 0 atom stereocenters. The normalized spacial score (nSPS) is 28.4. The zero-order valence-corrected chi connectivity index (χ0v) is 18.1. The van der Waals surface area contributed by atoms with E-state index in [1.54, 1.807) is 20.1 Å². The minimum Gasteiger partial charge on any atom is -0.497 e. The number of ether oxygens (including phenoxy) is 2. The van der Waals surface area contributed by atoms with Crippen LogP contribution in [0.15, 0.2) is 28.4 Å². The molecule has 0 spiro atoms. The zero-order chi connectivity index (χ0) is 20.5. The Morgan fingerprint density at radius 1 is 1.17 bits per heavy atom. The van der Waals surface area contributed by atoms with Gasteiger partial charge in [0.25, 0.3) is 0 Å². The summed E-state index contributed by atoms with van der Waals surface area (Å²) in [5.74, 6) is 1.49. The van der Waals surface area contributed by atoms with E-state index in [4.69, 9.17) is 21.1 Å². The Bertz CT molecular complexity index is 837. The number of ketones is 1. The zero-order valence-electron chi connectivity index (χ0n) is 17.3. The Balaban J connectivity index is 1.44. The second-order valence-corrected chi connectivity index (χ2v) is 9.33. The van der Waals surface area contributed by atoms with Crippen LogP contribution in [0.3, 0.4) is 0 Å². The van der Waals surface area contributed by atoms with E-state index in [0.29, 0.717) is 34.5 Å². The van der Waals surface area contributed by atoms with Crippen molar-refractivity contribution in [1.29, 1.82) is 0 Å². The van der Waals surface area contributed by atoms with Gasteiger partial charge in [-0.15, -0.1) is 5.10 Å². The van der Waals surface area contributed by atoms with Gasteiger partial charge in [-0.2, -0.15) is 5.10 Å². The standard InChI is InChI=1S/C23H29ClN2O3/c1-16(27)4-3-7-22-8-11-23(12-9-22,13-10-22)20-15-29-21(26-25-20)18-6-5-17(28-2)14-19(18)24/h5-6,14H,3-4,7-13,15H2,1-2H3. The average molecular weight is 417 g/mol. The fraction of sp³-hybridized carbons (Fsp3) is 0.609. The van der Waals surface area contributed by atoms with Crippen LogP contribution < -0.4 is 4.74 Å². The van der Waals surface area contributed by atoms with Crippen molar-refractivity contribution in [2.45, 2.75) is 64.7 Å². The number of carbonyl (C=O) groups is 1. The topological polar surface area (TPSA) is 60.2 Å². The molecule has 0 unspecified atom stereocenters. The van der Waals surface area contributed by atoms with Crippen molar-refractivity contribution in [2.24, 2.45) is 21.0 Å². The van der Waals surface area contributed by atoms with Crippen molar-refractivity contribution in [1.82, 2.24) is 0 Å². The van der Waals surface area contributed by atoms with E-state index in [0.717, 1.165) is 43.4 Å². The highest BCUT2D eigenvalue weighted by Crippen LogP contribution is 2.59. The van der Waals surface area contributed by atoms with E-state index in [1.807, 2.05) is 12.1 Å². The first-order chi connectivity index (χ1) is 14.0. The van der Waals surface area contributed by atoms with E-state index in [2.05, 4.69) is 10.2 Å². The summed E-state index contributed by atoms with van der Waals surface area (Å²) in [6, 6.07) is 5.46. The van der Waals surface area contributed by atoms with Crippen molar-refractivity contribution >= 4 is 29.0 Å². The molecule has 1 aromatic carbocycles. The van der Waals surface area contributed by atoms with Gasteiger partial charge in [-0.3, -0.25) is 0 Å². The van der Waals surface area contributed by atoms with Gasteiger partial charge in [0.05, 0.1) is 23.4 Å². The second kappa shape index (κ2) is 8.10. The van der Waals surface area contributed by atoms with Gasteiger partial charge in [0.2, 0.25) is 5.90 Å². The maximum absolute atomic E-state index is 11.3. The molecule has 5 rings (SSSR count). The predicted octanol–water partition coefficient (Wildman–Crippen LogP) is 5.58. The predicted molar refractivity (Wildman–Crippen MR) is 115 cm³/mol. The molecule has 3 saturated carbocycles. The molecule has 4 aliphatic rings. The lowest BCUT2D eigenvalue weighted by molar-refractivity contribution is -0.117. The van der Waals surface area contributed by atoms with Gasteiger partial charge in [-0.1, -0.05) is 11.6 Å². The molecule has 156 valence electrons. The molecule has 0 amide bonds. The number of fused-ring (bicyclic) bond motifs is 3. The van der Waals surface area contributed by atoms with Gasteiger partial charge in [-0.05, 0) is 81.9 Å². The molecule has 0 N–H and O–H groups in total. The van der Waals surface area contributed by atoms with Crippen molar-refractivity contribution < 1.29 is 14.3 Å². The Labute approximate surface area is 177 Å². The molecular formula is C23H29ClN2O3. The Kier molecular flexibility index (Phi) is 5.69. The van der Waals surface area contributed by atoms with Gasteiger partial charge in [0.15, 0.2) is 0 Å². The number of hydrogen-bond donors (Lipinski definition) is 0. The molecule has 1 aromatic rings. The van der Waals surface area contributed by atoms with E-state index in [9.17, 15) is 4.79 Å². The largest absolute Gasteiger partial charge is 0.497 e. The number of carbonyl (C=O) groups excluding carboxylic acids is 1. The summed E-state index contributed by atoms with van der Waals surface area (Å²) in [6.45, 7) is 2.18. The van der Waals surface area contributed by atoms with Crippen LogP contribution >= 0.6 is 11.6 Å². The maximum Gasteiger partial charge on any atom is 0.242 e. The minimum atomic E-state index is 0.140. The van der Waals surface area contributed by atoms with Gasteiger partial charge < -0.3 is 14.3 Å². The first-order valence-electron chi connectivity index (χ1n) is 10.6. The summed E-state index contributed by atoms with van der Waals surface area (Å²) in [6.07, 6.45) is 10.1. The van der Waals surface area contributed by atoms with E-state index in [-0.39, 0.29) is 5.41 Å². The molecule has 0 aromatic heterocycles. The number of methoxy groups -OCH3 is 1. The van der Waals surface area contributed by atoms with Crippen molar-refractivity contribution in [3.8, 4) is 5.75 Å². The van der Waals surface area contributed by atoms with Crippen LogP contribution in [0.5, 0.6) is 5.75 Å². The molecule has 3 fully saturated rings. The number of halogens is 1. The quantitative estimate of drug-likeness (QED) is 0.582. The van der Waals surface area contributed by atoms with Crippen LogP contribution in [0.4, 0.5) is 0 Å². The fourth-order valence-electron chi connectivity index (χ4n) is 5.27. The summed E-state index contributed by atoms with van der Waals surface area (Å²) in [5, 5.41) is 9.55. The highest BCUT2D eigenvalue weighted by molar-refractivity contribution is 6.34. The Morgan fingerprint density at radius 2 is 1.90 bits per heavy atom. The number of nitrogens with zero attached hydrogens (tertiary/aromatic N) is 2. The molecule has 3 aliphatic carbocycles. The van der Waals surface area contributed by atoms with E-state index < -0.39 is 0 Å². The lowest BCUT2D eigenvalue weighted by Crippen LogP contribution is -2.47. The first kappa shape index (κ1) is 20.4. The molecule has 0 saturated heterocycles. The summed E-state index contributed by atoms with van der Waals surface area (Å²) in [5.41, 5.74) is 2.41. The molecule has 1 aliphatic heterocycles. The Hall–Kier alpha value is -1.88. The van der Waals surface area contributed by atoms with Gasteiger partial charge >= 0.3 is 0 Å². The van der Waals surface area contributed by atoms with E-state index in [1.165, 1.54) is 25.7 Å². The van der Waals surface area contributed by atoms with Crippen LogP contribution in [0.25, 0.3) is 0 Å². The second-order valence-electron chi connectivity index (χ2n) is 8.92. The molecule has 6 heteroatoms. The maximum atomic E-state index is 11.3. The highest BCUT2D eigenvalue weighted by atomic mass is 35.5. The van der Waals surface area contributed by atoms with Crippen LogP contribution in [0.1, 0.15) is 70.3 Å². The van der Waals surface area contributed by atoms with Crippen LogP contribution in [0, 0.1) is 10.8 Å². The lowest BCUT2D eigenvalue weighted by atomic mass is 9.51. The van der Waals surface area contributed by atoms with Crippen molar-refractivity contribution in [3.63, 3.8) is 0 Å². The van der Waals surface area contributed by atoms with Crippen molar-refractivity contribution in [3.05, 3.63) is 28.8 Å². The number of hydrogen-bond acceptors (Lipinski definition) is 5. The lowest BCUT2D eigenvalue weighted by Gasteiger charge is -2.54. The highest BCUT2D eigenvalue weighted by Gasteiger charge is 2.51. The van der Waals surface area contributed by atoms with Crippen LogP contribution in [0.2, 0.25) is 5.02 Å². The smallest absolute Gasteiger partial charge is 0.242 e. The minimum absolute atomic E-state index is 0.140. The molecule has 1 heterocycles. The molecule has 0 radical (unpaired) electrons. The average Bonchev–Trinajstić information content (AvgIpc) is 2.75. The number of Topliss-reactive ketones (excluding diaryl/α,β-unsaturated/α-hetero) is 1. The van der Waals surface area contributed by atoms with Gasteiger partial charge in [0.1, 0.15) is 18.1 Å². The third kappa shape index (κ3) is 4.07. The summed E-state index contributed by atoms with van der Waals surface area (Å²) in [7, 11) is 1.61. The first-order valence-corrected chi connectivity index (χ1v) is 10.9. The van der Waals surface area contributed by atoms with Crippen LogP contribution in [-0.2, 0) is 9.53 Å². The van der Waals surface area contributed by atoms with Crippen LogP contribution in [-0.4, -0.2) is 31.1 Å². The summed E-state index contributed by atoms with van der Waals surface area (Å²) in [4.78, 5) is 11.3. The number of rotatable bonds is 7. The molecule has 5 nitrogen and oxygen atoms in total. The van der Waals surface area contributed by atoms with E-state index >= 15 is 0 Å². The fourth-order valence-corrected chi connectivity index (χ4v) is 5.52. The third-order valence-corrected chi connectivity index (χ3v) is 7.58. The third-order valence-electron chi connectivity index (χ3n) is 7.26. The molecule has 29 heavy (non-hydrogen) atoms. The molecular weight excluding hydrogens is 388 g/mol. The van der Waals surface area contributed by atoms with Gasteiger partial charge in [0, 0.05) is 11.8 Å².